The molecular weight excluding hydrogens is 282 g/mol. The van der Waals surface area contributed by atoms with Crippen LogP contribution in [0.3, 0.4) is 0 Å². The number of thiazole rings is 1. The minimum absolute atomic E-state index is 0.0494. The Bertz CT molecular complexity index is 472. The maximum absolute atomic E-state index is 12.6. The molecule has 1 amide bonds. The van der Waals surface area contributed by atoms with Crippen LogP contribution in [0.4, 0.5) is 0 Å². The van der Waals surface area contributed by atoms with Gasteiger partial charge < -0.3 is 11.1 Å². The molecule has 0 aromatic carbocycles. The number of nitrogens with two attached hydrogens (primary N) is 1. The first-order chi connectivity index (χ1) is 9.84. The second-order valence-corrected chi connectivity index (χ2v) is 7.85. The van der Waals surface area contributed by atoms with Crippen molar-refractivity contribution >= 4 is 17.2 Å². The first-order valence-corrected chi connectivity index (χ1v) is 8.64. The molecule has 0 radical (unpaired) electrons. The smallest absolute Gasteiger partial charge is 0.223 e. The molecule has 0 spiro atoms. The Kier molecular flexibility index (Phi) is 5.04. The van der Waals surface area contributed by atoms with Crippen LogP contribution in [-0.4, -0.2) is 23.5 Å². The van der Waals surface area contributed by atoms with E-state index in [1.807, 2.05) is 11.6 Å². The predicted molar refractivity (Wildman–Crippen MR) is 87.2 cm³/mol. The van der Waals surface area contributed by atoms with Gasteiger partial charge in [-0.2, -0.15) is 0 Å². The summed E-state index contributed by atoms with van der Waals surface area (Å²) in [5.74, 6) is 0.844. The van der Waals surface area contributed by atoms with Crippen LogP contribution in [0.1, 0.15) is 51.5 Å². The summed E-state index contributed by atoms with van der Waals surface area (Å²) < 4.78 is 0. The van der Waals surface area contributed by atoms with Gasteiger partial charge in [0.05, 0.1) is 5.01 Å². The van der Waals surface area contributed by atoms with E-state index in [1.54, 1.807) is 11.3 Å². The molecule has 2 rings (SSSR count). The first-order valence-electron chi connectivity index (χ1n) is 7.76. The third-order valence-corrected chi connectivity index (χ3v) is 6.28. The number of carbonyl (C=O) groups is 1. The first kappa shape index (κ1) is 16.4. The predicted octanol–water partition coefficient (Wildman–Crippen LogP) is 2.76. The van der Waals surface area contributed by atoms with Crippen molar-refractivity contribution in [1.29, 1.82) is 0 Å². The van der Waals surface area contributed by atoms with Gasteiger partial charge in [-0.1, -0.05) is 27.7 Å². The highest BCUT2D eigenvalue weighted by Crippen LogP contribution is 2.44. The Morgan fingerprint density at radius 3 is 2.90 bits per heavy atom. The normalized spacial score (nSPS) is 29.9. The summed E-state index contributed by atoms with van der Waals surface area (Å²) in [5.41, 5.74) is 6.11. The van der Waals surface area contributed by atoms with Crippen LogP contribution in [0.15, 0.2) is 11.6 Å². The highest BCUT2D eigenvalue weighted by atomic mass is 32.1. The lowest BCUT2D eigenvalue weighted by molar-refractivity contribution is -0.132. The number of nitrogens with zero attached hydrogens (tertiary/aromatic N) is 1. The Labute approximate surface area is 131 Å². The van der Waals surface area contributed by atoms with E-state index in [0.29, 0.717) is 12.5 Å². The fourth-order valence-corrected chi connectivity index (χ4v) is 3.96. The van der Waals surface area contributed by atoms with Crippen LogP contribution < -0.4 is 11.1 Å². The minimum atomic E-state index is -0.0494. The van der Waals surface area contributed by atoms with Crippen molar-refractivity contribution in [2.24, 2.45) is 23.0 Å². The molecule has 1 heterocycles. The molecule has 4 nitrogen and oxygen atoms in total. The summed E-state index contributed by atoms with van der Waals surface area (Å²) in [6.45, 7) is 9.27. The largest absolute Gasteiger partial charge is 0.355 e. The van der Waals surface area contributed by atoms with Crippen molar-refractivity contribution in [3.8, 4) is 0 Å². The molecule has 1 fully saturated rings. The van der Waals surface area contributed by atoms with E-state index in [1.165, 1.54) is 0 Å². The van der Waals surface area contributed by atoms with Gasteiger partial charge in [0.2, 0.25) is 5.91 Å². The molecule has 3 N–H and O–H groups in total. The molecule has 1 aromatic heterocycles. The van der Waals surface area contributed by atoms with Gasteiger partial charge in [0.25, 0.3) is 0 Å². The summed E-state index contributed by atoms with van der Waals surface area (Å²) in [4.78, 5) is 16.9. The quantitative estimate of drug-likeness (QED) is 0.898. The zero-order valence-corrected chi connectivity index (χ0v) is 14.2. The number of carbonyl (C=O) groups excluding carboxylic acids is 1. The number of hydrogen-bond donors (Lipinski definition) is 2. The van der Waals surface area contributed by atoms with Crippen LogP contribution in [0.5, 0.6) is 0 Å². The molecule has 1 aromatic rings. The van der Waals surface area contributed by atoms with Crippen LogP contribution in [0.25, 0.3) is 0 Å². The van der Waals surface area contributed by atoms with Crippen molar-refractivity contribution in [3.63, 3.8) is 0 Å². The Morgan fingerprint density at radius 2 is 2.29 bits per heavy atom. The van der Waals surface area contributed by atoms with E-state index in [2.05, 4.69) is 38.0 Å². The van der Waals surface area contributed by atoms with E-state index < -0.39 is 0 Å². The average Bonchev–Trinajstić information content (AvgIpc) is 2.96. The topological polar surface area (TPSA) is 68.0 Å². The van der Waals surface area contributed by atoms with Crippen molar-refractivity contribution in [2.45, 2.75) is 52.5 Å². The molecule has 1 saturated carbocycles. The van der Waals surface area contributed by atoms with Gasteiger partial charge in [-0.05, 0) is 24.2 Å². The van der Waals surface area contributed by atoms with Gasteiger partial charge in [0, 0.05) is 36.0 Å². The van der Waals surface area contributed by atoms with Gasteiger partial charge >= 0.3 is 0 Å². The summed E-state index contributed by atoms with van der Waals surface area (Å²) in [5, 5.41) is 6.17. The third kappa shape index (κ3) is 3.46. The maximum Gasteiger partial charge on any atom is 0.223 e. The lowest BCUT2D eigenvalue weighted by Crippen LogP contribution is -2.51. The van der Waals surface area contributed by atoms with E-state index in [0.717, 1.165) is 17.8 Å². The van der Waals surface area contributed by atoms with Gasteiger partial charge in [-0.3, -0.25) is 4.79 Å². The second kappa shape index (κ2) is 6.44. The molecule has 4 unspecified atom stereocenters. The third-order valence-electron chi connectivity index (χ3n) is 5.27. The summed E-state index contributed by atoms with van der Waals surface area (Å²) in [7, 11) is 0. The van der Waals surface area contributed by atoms with Gasteiger partial charge in [0.1, 0.15) is 0 Å². The monoisotopic (exact) mass is 309 g/mol. The van der Waals surface area contributed by atoms with Crippen molar-refractivity contribution in [2.75, 3.05) is 6.54 Å². The van der Waals surface area contributed by atoms with Crippen LogP contribution in [-0.2, 0) is 4.79 Å². The Hall–Kier alpha value is -0.940. The number of amides is 1. The van der Waals surface area contributed by atoms with Crippen molar-refractivity contribution < 1.29 is 4.79 Å². The second-order valence-electron chi connectivity index (χ2n) is 6.92. The molecule has 1 aliphatic rings. The van der Waals surface area contributed by atoms with Crippen LogP contribution in [0.2, 0.25) is 0 Å². The van der Waals surface area contributed by atoms with E-state index in [9.17, 15) is 4.79 Å². The standard InChI is InChI=1S/C16H27N3OS/c1-10(15-18-7-8-21-15)9-19-14(20)12-5-6-13(17)11(2)16(12,3)4/h7-8,10-13H,5-6,9,17H2,1-4H3,(H,19,20). The molecule has 4 atom stereocenters. The number of aromatic nitrogens is 1. The SMILES string of the molecule is CC(CNC(=O)C1CCC(N)C(C)C1(C)C)c1nccs1. The maximum atomic E-state index is 12.6. The molecule has 0 aliphatic heterocycles. The molecule has 1 aliphatic carbocycles. The summed E-state index contributed by atoms with van der Waals surface area (Å²) in [6.07, 6.45) is 3.63. The molecule has 5 heteroatoms. The fraction of sp³-hybridized carbons (Fsp3) is 0.750. The zero-order chi connectivity index (χ0) is 15.6. The Morgan fingerprint density at radius 1 is 1.57 bits per heavy atom. The van der Waals surface area contributed by atoms with Crippen LogP contribution >= 0.6 is 11.3 Å². The summed E-state index contributed by atoms with van der Waals surface area (Å²) >= 11 is 1.64. The number of rotatable bonds is 4. The average molecular weight is 309 g/mol. The van der Waals surface area contributed by atoms with E-state index in [4.69, 9.17) is 5.73 Å². The molecule has 118 valence electrons. The van der Waals surface area contributed by atoms with E-state index in [-0.39, 0.29) is 29.2 Å². The number of nitrogens with one attached hydrogen (secondary N) is 1. The van der Waals surface area contributed by atoms with Gasteiger partial charge in [-0.15, -0.1) is 11.3 Å². The molecule has 0 saturated heterocycles. The lowest BCUT2D eigenvalue weighted by atomic mass is 9.61. The van der Waals surface area contributed by atoms with Crippen molar-refractivity contribution in [1.82, 2.24) is 10.3 Å². The minimum Gasteiger partial charge on any atom is -0.355 e. The van der Waals surface area contributed by atoms with Crippen molar-refractivity contribution in [3.05, 3.63) is 16.6 Å². The number of hydrogen-bond acceptors (Lipinski definition) is 4. The highest BCUT2D eigenvalue weighted by Gasteiger charge is 2.44. The fourth-order valence-electron chi connectivity index (χ4n) is 3.26. The summed E-state index contributed by atoms with van der Waals surface area (Å²) in [6, 6.07) is 0.207. The lowest BCUT2D eigenvalue weighted by Gasteiger charge is -2.46. The molecule has 0 bridgehead atoms. The van der Waals surface area contributed by atoms with Gasteiger partial charge in [0.15, 0.2) is 0 Å². The highest BCUT2D eigenvalue weighted by molar-refractivity contribution is 7.09. The molecular formula is C16H27N3OS. The van der Waals surface area contributed by atoms with Crippen LogP contribution in [0, 0.1) is 17.3 Å². The van der Waals surface area contributed by atoms with E-state index >= 15 is 0 Å². The zero-order valence-electron chi connectivity index (χ0n) is 13.4. The molecule has 21 heavy (non-hydrogen) atoms. The Balaban J connectivity index is 1.94. The van der Waals surface area contributed by atoms with Gasteiger partial charge in [-0.25, -0.2) is 4.98 Å².